The first-order chi connectivity index (χ1) is 9.08. The topological polar surface area (TPSA) is 70.8 Å². The van der Waals surface area contributed by atoms with Gasteiger partial charge in [0, 0.05) is 19.5 Å². The first kappa shape index (κ1) is 14.1. The van der Waals surface area contributed by atoms with Gasteiger partial charge < -0.3 is 14.4 Å². The van der Waals surface area contributed by atoms with E-state index in [0.717, 1.165) is 12.8 Å². The minimum Gasteiger partial charge on any atom is -0.481 e. The Morgan fingerprint density at radius 2 is 2.11 bits per heavy atom. The first-order valence-electron chi connectivity index (χ1n) is 6.32. The van der Waals surface area contributed by atoms with Gasteiger partial charge in [-0.1, -0.05) is 0 Å². The van der Waals surface area contributed by atoms with Crippen molar-refractivity contribution in [2.75, 3.05) is 13.1 Å². The van der Waals surface area contributed by atoms with Crippen LogP contribution in [-0.2, 0) is 4.79 Å². The minimum atomic E-state index is -0.749. The molecule has 2 rings (SSSR count). The molecule has 1 aromatic rings. The fraction of sp³-hybridized carbons (Fsp3) is 0.538. The predicted octanol–water partition coefficient (Wildman–Crippen LogP) is 2.76. The molecule has 19 heavy (non-hydrogen) atoms. The summed E-state index contributed by atoms with van der Waals surface area (Å²) in [5, 5.41) is 8.66. The number of carboxylic acid groups (broad SMARTS) is 1. The lowest BCUT2D eigenvalue weighted by Gasteiger charge is -2.31. The third kappa shape index (κ3) is 3.59. The number of amides is 1. The van der Waals surface area contributed by atoms with Crippen molar-refractivity contribution >= 4 is 27.8 Å². The molecule has 0 bridgehead atoms. The third-order valence-electron chi connectivity index (χ3n) is 3.52. The van der Waals surface area contributed by atoms with Crippen molar-refractivity contribution < 1.29 is 19.1 Å². The highest BCUT2D eigenvalue weighted by molar-refractivity contribution is 9.10. The Morgan fingerprint density at radius 3 is 2.63 bits per heavy atom. The predicted molar refractivity (Wildman–Crippen MR) is 71.9 cm³/mol. The molecule has 1 aliphatic heterocycles. The highest BCUT2D eigenvalue weighted by atomic mass is 79.9. The molecule has 6 heteroatoms. The number of carbonyl (C=O) groups is 2. The second-order valence-electron chi connectivity index (χ2n) is 4.78. The molecule has 5 nitrogen and oxygen atoms in total. The molecule has 0 saturated carbocycles. The summed E-state index contributed by atoms with van der Waals surface area (Å²) in [7, 11) is 0. The van der Waals surface area contributed by atoms with Crippen LogP contribution in [0.15, 0.2) is 21.4 Å². The molecule has 0 atom stereocenters. The lowest BCUT2D eigenvalue weighted by atomic mass is 9.92. The highest BCUT2D eigenvalue weighted by Crippen LogP contribution is 2.25. The fourth-order valence-corrected chi connectivity index (χ4v) is 2.78. The standard InChI is InChI=1S/C13H16BrNO4/c14-12-10(5-8-19-12)13(18)15-6-3-9(4-7-15)1-2-11(16)17/h5,8-9H,1-4,6-7H2,(H,16,17). The van der Waals surface area contributed by atoms with Gasteiger partial charge in [0.25, 0.3) is 5.91 Å². The van der Waals surface area contributed by atoms with E-state index in [-0.39, 0.29) is 12.3 Å². The largest absolute Gasteiger partial charge is 0.481 e. The Balaban J connectivity index is 1.85. The molecule has 0 unspecified atom stereocenters. The summed E-state index contributed by atoms with van der Waals surface area (Å²) >= 11 is 3.21. The molecule has 1 saturated heterocycles. The van der Waals surface area contributed by atoms with E-state index in [1.807, 2.05) is 0 Å². The zero-order valence-electron chi connectivity index (χ0n) is 10.5. The number of aliphatic carboxylic acids is 1. The van der Waals surface area contributed by atoms with E-state index in [9.17, 15) is 9.59 Å². The molecule has 1 aliphatic rings. The van der Waals surface area contributed by atoms with Crippen molar-refractivity contribution in [1.29, 1.82) is 0 Å². The van der Waals surface area contributed by atoms with E-state index in [1.54, 1.807) is 11.0 Å². The number of furan rings is 1. The summed E-state index contributed by atoms with van der Waals surface area (Å²) in [6.07, 6.45) is 4.14. The third-order valence-corrected chi connectivity index (χ3v) is 4.13. The van der Waals surface area contributed by atoms with Gasteiger partial charge in [-0.15, -0.1) is 0 Å². The van der Waals surface area contributed by atoms with Crippen LogP contribution in [0, 0.1) is 5.92 Å². The van der Waals surface area contributed by atoms with E-state index >= 15 is 0 Å². The van der Waals surface area contributed by atoms with Crippen molar-refractivity contribution in [2.24, 2.45) is 5.92 Å². The van der Waals surface area contributed by atoms with Crippen LogP contribution in [0.5, 0.6) is 0 Å². The average Bonchev–Trinajstić information content (AvgIpc) is 2.82. The summed E-state index contributed by atoms with van der Waals surface area (Å²) in [5.74, 6) is -0.369. The van der Waals surface area contributed by atoms with E-state index in [4.69, 9.17) is 9.52 Å². The number of likely N-dealkylation sites (tertiary alicyclic amines) is 1. The number of hydrogen-bond acceptors (Lipinski definition) is 3. The van der Waals surface area contributed by atoms with Crippen LogP contribution < -0.4 is 0 Å². The molecule has 0 aromatic carbocycles. The van der Waals surface area contributed by atoms with Crippen molar-refractivity contribution in [2.45, 2.75) is 25.7 Å². The quantitative estimate of drug-likeness (QED) is 0.921. The molecule has 2 heterocycles. The van der Waals surface area contributed by atoms with E-state index in [2.05, 4.69) is 15.9 Å². The number of carboxylic acids is 1. The van der Waals surface area contributed by atoms with Gasteiger partial charge in [0.2, 0.25) is 0 Å². The van der Waals surface area contributed by atoms with Crippen molar-refractivity contribution in [3.8, 4) is 0 Å². The maximum atomic E-state index is 12.2. The van der Waals surface area contributed by atoms with E-state index in [1.165, 1.54) is 6.26 Å². The van der Waals surface area contributed by atoms with Crippen molar-refractivity contribution in [3.63, 3.8) is 0 Å². The van der Waals surface area contributed by atoms with Crippen LogP contribution in [0.2, 0.25) is 0 Å². The fourth-order valence-electron chi connectivity index (χ4n) is 2.37. The molecule has 0 spiro atoms. The minimum absolute atomic E-state index is 0.0303. The van der Waals surface area contributed by atoms with Gasteiger partial charge in [-0.3, -0.25) is 9.59 Å². The number of rotatable bonds is 4. The molecule has 1 aromatic heterocycles. The summed E-state index contributed by atoms with van der Waals surface area (Å²) in [6, 6.07) is 1.66. The molecular formula is C13H16BrNO4. The van der Waals surface area contributed by atoms with Crippen LogP contribution in [0.4, 0.5) is 0 Å². The lowest BCUT2D eigenvalue weighted by Crippen LogP contribution is -2.38. The summed E-state index contributed by atoms with van der Waals surface area (Å²) in [5.41, 5.74) is 0.545. The van der Waals surface area contributed by atoms with E-state index < -0.39 is 5.97 Å². The Bertz CT molecular complexity index is 463. The monoisotopic (exact) mass is 329 g/mol. The molecule has 1 N–H and O–H groups in total. The molecule has 1 fully saturated rings. The lowest BCUT2D eigenvalue weighted by molar-refractivity contribution is -0.137. The highest BCUT2D eigenvalue weighted by Gasteiger charge is 2.25. The number of carbonyl (C=O) groups excluding carboxylic acids is 1. The summed E-state index contributed by atoms with van der Waals surface area (Å²) in [6.45, 7) is 1.36. The normalized spacial score (nSPS) is 16.6. The summed E-state index contributed by atoms with van der Waals surface area (Å²) in [4.78, 5) is 24.5. The maximum Gasteiger partial charge on any atom is 0.303 e. The van der Waals surface area contributed by atoms with Gasteiger partial charge in [0.05, 0.1) is 11.8 Å². The average molecular weight is 330 g/mol. The number of hydrogen-bond donors (Lipinski definition) is 1. The number of piperidine rings is 1. The smallest absolute Gasteiger partial charge is 0.303 e. The van der Waals surface area contributed by atoms with Gasteiger partial charge in [-0.25, -0.2) is 0 Å². The van der Waals surface area contributed by atoms with Crippen LogP contribution in [0.25, 0.3) is 0 Å². The Labute approximate surface area is 119 Å². The SMILES string of the molecule is O=C(O)CCC1CCN(C(=O)c2ccoc2Br)CC1. The number of halogens is 1. The second kappa shape index (κ2) is 6.23. The van der Waals surface area contributed by atoms with Crippen molar-refractivity contribution in [3.05, 3.63) is 22.6 Å². The Hall–Kier alpha value is -1.30. The Morgan fingerprint density at radius 1 is 1.42 bits per heavy atom. The van der Waals surface area contributed by atoms with Gasteiger partial charge in [0.1, 0.15) is 0 Å². The molecule has 1 amide bonds. The van der Waals surface area contributed by atoms with Crippen LogP contribution in [0.3, 0.4) is 0 Å². The van der Waals surface area contributed by atoms with Crippen LogP contribution in [0.1, 0.15) is 36.0 Å². The number of nitrogens with zero attached hydrogens (tertiary/aromatic N) is 1. The maximum absolute atomic E-state index is 12.2. The van der Waals surface area contributed by atoms with Gasteiger partial charge in [-0.05, 0) is 47.2 Å². The molecular weight excluding hydrogens is 314 g/mol. The van der Waals surface area contributed by atoms with Crippen LogP contribution >= 0.6 is 15.9 Å². The van der Waals surface area contributed by atoms with Gasteiger partial charge in [-0.2, -0.15) is 0 Å². The molecule has 104 valence electrons. The van der Waals surface area contributed by atoms with Crippen LogP contribution in [-0.4, -0.2) is 35.0 Å². The molecule has 0 radical (unpaired) electrons. The van der Waals surface area contributed by atoms with Gasteiger partial charge in [0.15, 0.2) is 4.67 Å². The Kier molecular flexibility index (Phi) is 4.63. The second-order valence-corrected chi connectivity index (χ2v) is 5.50. The summed E-state index contributed by atoms with van der Waals surface area (Å²) < 4.78 is 5.53. The van der Waals surface area contributed by atoms with Crippen molar-refractivity contribution in [1.82, 2.24) is 4.90 Å². The van der Waals surface area contributed by atoms with E-state index in [0.29, 0.717) is 35.7 Å². The zero-order chi connectivity index (χ0) is 13.8. The van der Waals surface area contributed by atoms with Gasteiger partial charge >= 0.3 is 5.97 Å². The first-order valence-corrected chi connectivity index (χ1v) is 7.11. The zero-order valence-corrected chi connectivity index (χ0v) is 12.1. The molecule has 0 aliphatic carbocycles.